The molecule has 4 nitrogen and oxygen atoms in total. The van der Waals surface area contributed by atoms with Gasteiger partial charge in [-0.25, -0.2) is 4.68 Å². The van der Waals surface area contributed by atoms with Gasteiger partial charge in [-0.2, -0.15) is 18.4 Å². The lowest BCUT2D eigenvalue weighted by atomic mass is 10.1. The molecule has 0 atom stereocenters. The molecule has 1 saturated carbocycles. The van der Waals surface area contributed by atoms with Crippen molar-refractivity contribution in [3.05, 3.63) is 40.2 Å². The van der Waals surface area contributed by atoms with Gasteiger partial charge < -0.3 is 0 Å². The van der Waals surface area contributed by atoms with Crippen molar-refractivity contribution >= 4 is 11.6 Å². The van der Waals surface area contributed by atoms with Crippen LogP contribution in [0.2, 0.25) is 5.02 Å². The number of aromatic nitrogens is 3. The molecule has 0 N–H and O–H groups in total. The van der Waals surface area contributed by atoms with E-state index in [-0.39, 0.29) is 22.3 Å². The first-order chi connectivity index (χ1) is 9.91. The van der Waals surface area contributed by atoms with Crippen LogP contribution >= 0.6 is 11.6 Å². The van der Waals surface area contributed by atoms with Crippen LogP contribution in [0.1, 0.15) is 35.7 Å². The highest BCUT2D eigenvalue weighted by molar-refractivity contribution is 6.31. The van der Waals surface area contributed by atoms with E-state index in [9.17, 15) is 13.2 Å². The largest absolute Gasteiger partial charge is 0.417 e. The van der Waals surface area contributed by atoms with Crippen molar-refractivity contribution in [3.63, 3.8) is 0 Å². The number of alkyl halides is 3. The van der Waals surface area contributed by atoms with Crippen molar-refractivity contribution in [2.45, 2.75) is 24.9 Å². The summed E-state index contributed by atoms with van der Waals surface area (Å²) in [5.41, 5.74) is -0.0194. The lowest BCUT2D eigenvalue weighted by Crippen LogP contribution is -2.09. The van der Waals surface area contributed by atoms with E-state index >= 15 is 0 Å². The minimum absolute atomic E-state index is 0.125. The van der Waals surface area contributed by atoms with Crippen LogP contribution < -0.4 is 0 Å². The molecule has 0 unspecified atom stereocenters. The molecule has 21 heavy (non-hydrogen) atoms. The Hall–Kier alpha value is -2.07. The minimum atomic E-state index is -4.55. The van der Waals surface area contributed by atoms with E-state index in [2.05, 4.69) is 10.3 Å². The second-order valence-corrected chi connectivity index (χ2v) is 5.19. The summed E-state index contributed by atoms with van der Waals surface area (Å²) in [6, 6.07) is 5.44. The number of hydrogen-bond acceptors (Lipinski definition) is 3. The number of nitrogens with zero attached hydrogens (tertiary/aromatic N) is 4. The monoisotopic (exact) mass is 312 g/mol. The van der Waals surface area contributed by atoms with Crippen molar-refractivity contribution in [1.29, 1.82) is 5.26 Å². The summed E-state index contributed by atoms with van der Waals surface area (Å²) in [6.07, 6.45) is -2.80. The first kappa shape index (κ1) is 13.9. The first-order valence-corrected chi connectivity index (χ1v) is 6.52. The SMILES string of the molecule is N#Cc1nnn(-c2ccc(Cl)c(C(F)(F)F)c2)c1C1CC1. The Bertz CT molecular complexity index is 741. The number of nitriles is 1. The summed E-state index contributed by atoms with van der Waals surface area (Å²) in [4.78, 5) is 0. The smallest absolute Gasteiger partial charge is 0.216 e. The zero-order chi connectivity index (χ0) is 15.2. The molecule has 1 aromatic carbocycles. The quantitative estimate of drug-likeness (QED) is 0.850. The Morgan fingerprint density at radius 3 is 2.62 bits per heavy atom. The van der Waals surface area contributed by atoms with E-state index in [0.717, 1.165) is 18.9 Å². The van der Waals surface area contributed by atoms with Gasteiger partial charge in [-0.3, -0.25) is 0 Å². The highest BCUT2D eigenvalue weighted by Crippen LogP contribution is 2.42. The highest BCUT2D eigenvalue weighted by Gasteiger charge is 2.35. The second-order valence-electron chi connectivity index (χ2n) is 4.78. The topological polar surface area (TPSA) is 54.5 Å². The summed E-state index contributed by atoms with van der Waals surface area (Å²) >= 11 is 5.60. The summed E-state index contributed by atoms with van der Waals surface area (Å²) in [5, 5.41) is 16.2. The lowest BCUT2D eigenvalue weighted by molar-refractivity contribution is -0.137. The molecule has 0 radical (unpaired) electrons. The maximum absolute atomic E-state index is 12.9. The van der Waals surface area contributed by atoms with Crippen LogP contribution in [0.15, 0.2) is 18.2 Å². The first-order valence-electron chi connectivity index (χ1n) is 6.14. The molecule has 0 aliphatic heterocycles. The molecule has 0 saturated heterocycles. The van der Waals surface area contributed by atoms with Crippen LogP contribution in [0.4, 0.5) is 13.2 Å². The average Bonchev–Trinajstić information content (AvgIpc) is 3.17. The van der Waals surface area contributed by atoms with Gasteiger partial charge in [0.2, 0.25) is 0 Å². The molecule has 1 heterocycles. The summed E-state index contributed by atoms with van der Waals surface area (Å²) < 4.78 is 40.0. The Morgan fingerprint density at radius 2 is 2.05 bits per heavy atom. The summed E-state index contributed by atoms with van der Waals surface area (Å²) in [6.45, 7) is 0. The van der Waals surface area contributed by atoms with Crippen molar-refractivity contribution in [2.75, 3.05) is 0 Å². The van der Waals surface area contributed by atoms with Crippen molar-refractivity contribution in [2.24, 2.45) is 0 Å². The van der Waals surface area contributed by atoms with Crippen LogP contribution in [0.25, 0.3) is 5.69 Å². The van der Waals surface area contributed by atoms with Gasteiger partial charge in [0, 0.05) is 5.92 Å². The third-order valence-electron chi connectivity index (χ3n) is 3.27. The van der Waals surface area contributed by atoms with Gasteiger partial charge in [0.25, 0.3) is 0 Å². The Kier molecular flexibility index (Phi) is 3.14. The molecule has 8 heteroatoms. The van der Waals surface area contributed by atoms with Crippen LogP contribution in [0.3, 0.4) is 0 Å². The van der Waals surface area contributed by atoms with Gasteiger partial charge in [-0.15, -0.1) is 5.10 Å². The molecule has 108 valence electrons. The molecule has 1 aromatic heterocycles. The predicted octanol–water partition coefficient (Wildman–Crippen LogP) is 3.69. The predicted molar refractivity (Wildman–Crippen MR) is 68.1 cm³/mol. The number of rotatable bonds is 2. The molecular weight excluding hydrogens is 305 g/mol. The fourth-order valence-electron chi connectivity index (χ4n) is 2.14. The Morgan fingerprint density at radius 1 is 1.33 bits per heavy atom. The van der Waals surface area contributed by atoms with Gasteiger partial charge in [0.05, 0.1) is 22.0 Å². The Labute approximate surface area is 122 Å². The molecule has 1 aliphatic carbocycles. The van der Waals surface area contributed by atoms with Gasteiger partial charge in [0.15, 0.2) is 5.69 Å². The zero-order valence-electron chi connectivity index (χ0n) is 10.5. The summed E-state index contributed by atoms with van der Waals surface area (Å²) in [7, 11) is 0. The fraction of sp³-hybridized carbons (Fsp3) is 0.308. The molecule has 1 fully saturated rings. The van der Waals surface area contributed by atoms with E-state index < -0.39 is 11.7 Å². The van der Waals surface area contributed by atoms with E-state index in [4.69, 9.17) is 16.9 Å². The molecular formula is C13H8ClF3N4. The van der Waals surface area contributed by atoms with Gasteiger partial charge in [-0.05, 0) is 31.0 Å². The van der Waals surface area contributed by atoms with E-state index in [1.807, 2.05) is 6.07 Å². The Balaban J connectivity index is 2.14. The third kappa shape index (κ3) is 2.47. The number of benzene rings is 1. The maximum atomic E-state index is 12.9. The highest BCUT2D eigenvalue weighted by atomic mass is 35.5. The van der Waals surface area contributed by atoms with Crippen molar-refractivity contribution < 1.29 is 13.2 Å². The van der Waals surface area contributed by atoms with E-state index in [1.165, 1.54) is 16.8 Å². The maximum Gasteiger partial charge on any atom is 0.417 e. The number of hydrogen-bond donors (Lipinski definition) is 0. The minimum Gasteiger partial charge on any atom is -0.216 e. The van der Waals surface area contributed by atoms with Crippen LogP contribution in [0.5, 0.6) is 0 Å². The number of halogens is 4. The van der Waals surface area contributed by atoms with Gasteiger partial charge in [0.1, 0.15) is 6.07 Å². The molecule has 2 aromatic rings. The van der Waals surface area contributed by atoms with E-state index in [0.29, 0.717) is 5.69 Å². The van der Waals surface area contributed by atoms with E-state index in [1.54, 1.807) is 0 Å². The van der Waals surface area contributed by atoms with Gasteiger partial charge in [-0.1, -0.05) is 16.8 Å². The van der Waals surface area contributed by atoms with Gasteiger partial charge >= 0.3 is 6.18 Å². The molecule has 1 aliphatic rings. The van der Waals surface area contributed by atoms with Crippen molar-refractivity contribution in [3.8, 4) is 11.8 Å². The molecule has 0 bridgehead atoms. The zero-order valence-corrected chi connectivity index (χ0v) is 11.3. The lowest BCUT2D eigenvalue weighted by Gasteiger charge is -2.12. The van der Waals surface area contributed by atoms with Crippen LogP contribution in [-0.2, 0) is 6.18 Å². The standard InChI is InChI=1S/C13H8ClF3N4/c14-10-4-3-8(5-9(10)13(15,16)17)21-12(7-1-2-7)11(6-18)19-20-21/h3-5,7H,1-2H2. The van der Waals surface area contributed by atoms with Crippen LogP contribution in [0, 0.1) is 11.3 Å². The molecule has 0 amide bonds. The van der Waals surface area contributed by atoms with Crippen LogP contribution in [-0.4, -0.2) is 15.0 Å². The second kappa shape index (κ2) is 4.74. The fourth-order valence-corrected chi connectivity index (χ4v) is 2.37. The van der Waals surface area contributed by atoms with Crippen molar-refractivity contribution in [1.82, 2.24) is 15.0 Å². The molecule has 3 rings (SSSR count). The average molecular weight is 313 g/mol. The third-order valence-corrected chi connectivity index (χ3v) is 3.60. The normalized spacial score (nSPS) is 15.0. The summed E-state index contributed by atoms with van der Waals surface area (Å²) in [5.74, 6) is 0.125. The molecule has 0 spiro atoms.